The number of hydrogen-bond acceptors (Lipinski definition) is 7. The van der Waals surface area contributed by atoms with Crippen molar-refractivity contribution in [3.63, 3.8) is 0 Å². The number of likely N-dealkylation sites (tertiary alicyclic amines) is 1. The summed E-state index contributed by atoms with van der Waals surface area (Å²) in [7, 11) is 0. The van der Waals surface area contributed by atoms with Crippen molar-refractivity contribution in [3.05, 3.63) is 29.6 Å². The molecule has 0 aromatic carbocycles. The molecule has 2 aromatic rings. The van der Waals surface area contributed by atoms with Crippen molar-refractivity contribution in [2.45, 2.75) is 51.2 Å². The molecule has 2 N–H and O–H groups in total. The molecule has 0 aliphatic carbocycles. The molecular weight excluding hydrogens is 330 g/mol. The van der Waals surface area contributed by atoms with Crippen molar-refractivity contribution in [2.24, 2.45) is 0 Å². The molecule has 0 radical (unpaired) electrons. The Hall–Kier alpha value is -2.06. The second kappa shape index (κ2) is 8.09. The molecule has 1 atom stereocenters. The van der Waals surface area contributed by atoms with E-state index in [0.29, 0.717) is 18.0 Å². The van der Waals surface area contributed by atoms with Gasteiger partial charge in [0, 0.05) is 43.6 Å². The van der Waals surface area contributed by atoms with E-state index < -0.39 is 0 Å². The number of hydrogen-bond donors (Lipinski definition) is 2. The Balaban J connectivity index is 1.23. The lowest BCUT2D eigenvalue weighted by Gasteiger charge is -2.30. The number of aromatic nitrogens is 5. The normalized spacial score (nSPS) is 22.0. The van der Waals surface area contributed by atoms with Gasteiger partial charge in [-0.1, -0.05) is 0 Å². The van der Waals surface area contributed by atoms with E-state index in [0.717, 1.165) is 75.7 Å². The number of aromatic amines is 1. The van der Waals surface area contributed by atoms with Crippen LogP contribution in [0.5, 0.6) is 0 Å². The van der Waals surface area contributed by atoms with E-state index in [1.807, 2.05) is 19.3 Å². The Labute approximate surface area is 153 Å². The Morgan fingerprint density at radius 3 is 2.69 bits per heavy atom. The third-order valence-electron chi connectivity index (χ3n) is 5.19. The molecule has 0 saturated carbocycles. The first kappa shape index (κ1) is 17.4. The summed E-state index contributed by atoms with van der Waals surface area (Å²) in [6.07, 6.45) is 8.61. The van der Waals surface area contributed by atoms with Crippen LogP contribution in [0.1, 0.15) is 48.8 Å². The Morgan fingerprint density at radius 1 is 1.23 bits per heavy atom. The third kappa shape index (κ3) is 4.37. The van der Waals surface area contributed by atoms with Crippen LogP contribution in [0, 0.1) is 6.92 Å². The molecule has 2 aliphatic heterocycles. The second-order valence-electron chi connectivity index (χ2n) is 7.26. The first-order valence-corrected chi connectivity index (χ1v) is 9.54. The quantitative estimate of drug-likeness (QED) is 0.815. The summed E-state index contributed by atoms with van der Waals surface area (Å²) in [5.74, 6) is 3.01. The molecule has 0 bridgehead atoms. The van der Waals surface area contributed by atoms with Crippen LogP contribution in [0.25, 0.3) is 0 Å². The smallest absolute Gasteiger partial charge is 0.222 e. The number of ether oxygens (including phenoxy) is 1. The monoisotopic (exact) mass is 357 g/mol. The van der Waals surface area contributed by atoms with E-state index in [-0.39, 0.29) is 0 Å². The van der Waals surface area contributed by atoms with Gasteiger partial charge in [0.05, 0.1) is 6.10 Å². The van der Waals surface area contributed by atoms with Crippen LogP contribution in [0.4, 0.5) is 5.95 Å². The number of H-pyrrole nitrogens is 1. The first-order chi connectivity index (χ1) is 12.8. The zero-order valence-electron chi connectivity index (χ0n) is 15.3. The highest BCUT2D eigenvalue weighted by atomic mass is 16.5. The lowest BCUT2D eigenvalue weighted by Crippen LogP contribution is -2.32. The summed E-state index contributed by atoms with van der Waals surface area (Å²) in [4.78, 5) is 15.8. The molecule has 26 heavy (non-hydrogen) atoms. The predicted molar refractivity (Wildman–Crippen MR) is 97.9 cm³/mol. The van der Waals surface area contributed by atoms with E-state index in [4.69, 9.17) is 4.74 Å². The minimum Gasteiger partial charge on any atom is -0.376 e. The highest BCUT2D eigenvalue weighted by molar-refractivity contribution is 5.25. The topological polar surface area (TPSA) is 91.8 Å². The average molecular weight is 357 g/mol. The van der Waals surface area contributed by atoms with Gasteiger partial charge >= 0.3 is 0 Å². The maximum Gasteiger partial charge on any atom is 0.222 e. The lowest BCUT2D eigenvalue weighted by atomic mass is 9.96. The molecule has 1 unspecified atom stereocenters. The van der Waals surface area contributed by atoms with Crippen LogP contribution >= 0.6 is 0 Å². The van der Waals surface area contributed by atoms with Crippen molar-refractivity contribution in [1.82, 2.24) is 30.0 Å². The molecule has 4 rings (SSSR count). The summed E-state index contributed by atoms with van der Waals surface area (Å²) >= 11 is 0. The summed E-state index contributed by atoms with van der Waals surface area (Å²) in [6.45, 7) is 6.61. The fraction of sp³-hybridized carbons (Fsp3) is 0.667. The standard InChI is InChI=1S/C18H27N7O/c1-13-22-17(24-23-13)15-4-6-25(7-5-15)12-14-9-19-18(20-10-14)21-11-16-3-2-8-26-16/h9-10,15-16H,2-8,11-12H2,1H3,(H,19,20,21)(H,22,23,24). The Bertz CT molecular complexity index is 688. The van der Waals surface area contributed by atoms with Crippen molar-refractivity contribution in [2.75, 3.05) is 31.6 Å². The van der Waals surface area contributed by atoms with Crippen molar-refractivity contribution < 1.29 is 4.74 Å². The Kier molecular flexibility index (Phi) is 5.40. The van der Waals surface area contributed by atoms with Gasteiger partial charge in [0.25, 0.3) is 0 Å². The number of piperidine rings is 1. The second-order valence-corrected chi connectivity index (χ2v) is 7.26. The summed E-state index contributed by atoms with van der Waals surface area (Å²) < 4.78 is 5.61. The van der Waals surface area contributed by atoms with Crippen molar-refractivity contribution >= 4 is 5.95 Å². The molecule has 2 aliphatic rings. The molecule has 8 nitrogen and oxygen atoms in total. The summed E-state index contributed by atoms with van der Waals surface area (Å²) in [6, 6.07) is 0. The van der Waals surface area contributed by atoms with Gasteiger partial charge < -0.3 is 10.1 Å². The van der Waals surface area contributed by atoms with E-state index >= 15 is 0 Å². The van der Waals surface area contributed by atoms with E-state index in [1.165, 1.54) is 0 Å². The van der Waals surface area contributed by atoms with Gasteiger partial charge in [-0.2, -0.15) is 5.10 Å². The average Bonchev–Trinajstić information content (AvgIpc) is 3.34. The largest absolute Gasteiger partial charge is 0.376 e. The van der Waals surface area contributed by atoms with Crippen LogP contribution in [0.3, 0.4) is 0 Å². The van der Waals surface area contributed by atoms with Crippen molar-refractivity contribution in [1.29, 1.82) is 0 Å². The van der Waals surface area contributed by atoms with Crippen LogP contribution in [-0.2, 0) is 11.3 Å². The van der Waals surface area contributed by atoms with Crippen molar-refractivity contribution in [3.8, 4) is 0 Å². The molecule has 2 fully saturated rings. The highest BCUT2D eigenvalue weighted by Gasteiger charge is 2.23. The molecule has 8 heteroatoms. The van der Waals surface area contributed by atoms with E-state index in [1.54, 1.807) is 0 Å². The SMILES string of the molecule is Cc1nc(C2CCN(Cc3cnc(NCC4CCCO4)nc3)CC2)n[nH]1. The first-order valence-electron chi connectivity index (χ1n) is 9.54. The minimum absolute atomic E-state index is 0.298. The van der Waals surface area contributed by atoms with Gasteiger partial charge in [0.1, 0.15) is 5.82 Å². The van der Waals surface area contributed by atoms with Crippen LogP contribution in [0.2, 0.25) is 0 Å². The fourth-order valence-electron chi connectivity index (χ4n) is 3.69. The lowest BCUT2D eigenvalue weighted by molar-refractivity contribution is 0.120. The number of aryl methyl sites for hydroxylation is 1. The molecule has 2 saturated heterocycles. The molecular formula is C18H27N7O. The zero-order valence-corrected chi connectivity index (χ0v) is 15.3. The molecule has 2 aromatic heterocycles. The number of anilines is 1. The van der Waals surface area contributed by atoms with Crippen LogP contribution in [0.15, 0.2) is 12.4 Å². The molecule has 0 amide bonds. The van der Waals surface area contributed by atoms with Gasteiger partial charge in [-0.05, 0) is 45.7 Å². The summed E-state index contributed by atoms with van der Waals surface area (Å²) in [5.41, 5.74) is 1.15. The number of nitrogens with one attached hydrogen (secondary N) is 2. The third-order valence-corrected chi connectivity index (χ3v) is 5.19. The summed E-state index contributed by atoms with van der Waals surface area (Å²) in [5, 5.41) is 10.5. The van der Waals surface area contributed by atoms with Gasteiger partial charge in [0.2, 0.25) is 5.95 Å². The molecule has 4 heterocycles. The van der Waals surface area contributed by atoms with Gasteiger partial charge in [-0.25, -0.2) is 15.0 Å². The fourth-order valence-corrected chi connectivity index (χ4v) is 3.69. The molecule has 140 valence electrons. The minimum atomic E-state index is 0.298. The highest BCUT2D eigenvalue weighted by Crippen LogP contribution is 2.26. The van der Waals surface area contributed by atoms with E-state index in [2.05, 4.69) is 35.4 Å². The van der Waals surface area contributed by atoms with Crippen LogP contribution in [-0.4, -0.2) is 62.4 Å². The van der Waals surface area contributed by atoms with Crippen LogP contribution < -0.4 is 5.32 Å². The predicted octanol–water partition coefficient (Wildman–Crippen LogP) is 1.87. The zero-order chi connectivity index (χ0) is 17.8. The maximum atomic E-state index is 5.61. The van der Waals surface area contributed by atoms with Gasteiger partial charge in [0.15, 0.2) is 5.82 Å². The van der Waals surface area contributed by atoms with Gasteiger partial charge in [-0.15, -0.1) is 0 Å². The van der Waals surface area contributed by atoms with E-state index in [9.17, 15) is 0 Å². The number of rotatable bonds is 6. The Morgan fingerprint density at radius 2 is 2.04 bits per heavy atom. The number of nitrogens with zero attached hydrogens (tertiary/aromatic N) is 5. The maximum absolute atomic E-state index is 5.61. The molecule has 0 spiro atoms. The van der Waals surface area contributed by atoms with Gasteiger partial charge in [-0.3, -0.25) is 10.00 Å².